The second kappa shape index (κ2) is 9.14. The number of amides is 2. The second-order valence-electron chi connectivity index (χ2n) is 6.52. The molecule has 2 N–H and O–H groups in total. The number of sulfonamides is 1. The molecule has 1 aliphatic rings. The molecule has 2 amide bonds. The Balaban J connectivity index is 2.09. The minimum absolute atomic E-state index is 0.0477. The van der Waals surface area contributed by atoms with E-state index in [1.165, 1.54) is 22.5 Å². The molecule has 0 spiro atoms. The molecule has 0 bridgehead atoms. The Hall–Kier alpha value is -1.93. The van der Waals surface area contributed by atoms with Crippen molar-refractivity contribution in [1.82, 2.24) is 14.9 Å². The first kappa shape index (κ1) is 20.4. The molecule has 0 unspecified atom stereocenters. The Morgan fingerprint density at radius 1 is 1.23 bits per heavy atom. The molecular formula is C18H27N3O4S. The van der Waals surface area contributed by atoms with Crippen molar-refractivity contribution in [3.63, 3.8) is 0 Å². The Bertz CT molecular complexity index is 749. The lowest BCUT2D eigenvalue weighted by Crippen LogP contribution is -2.42. The summed E-state index contributed by atoms with van der Waals surface area (Å²) in [6, 6.07) is 5.91. The van der Waals surface area contributed by atoms with Crippen LogP contribution in [0, 0.1) is 0 Å². The van der Waals surface area contributed by atoms with Crippen LogP contribution < -0.4 is 10.6 Å². The maximum absolute atomic E-state index is 12.9. The molecule has 1 aromatic rings. The Morgan fingerprint density at radius 3 is 2.69 bits per heavy atom. The smallest absolute Gasteiger partial charge is 0.251 e. The summed E-state index contributed by atoms with van der Waals surface area (Å²) in [5.41, 5.74) is 0.221. The van der Waals surface area contributed by atoms with Crippen molar-refractivity contribution in [2.24, 2.45) is 0 Å². The maximum atomic E-state index is 12.9. The van der Waals surface area contributed by atoms with E-state index in [1.807, 2.05) is 13.8 Å². The molecule has 8 heteroatoms. The standard InChI is InChI=1S/C18H27N3O4S/c1-3-10-19-17(22)13-20-18(23)15-8-6-9-16(12-15)26(24,25)21-11-5-4-7-14(21)2/h6,8-9,12,14H,3-5,7,10-11,13H2,1-2H3,(H,19,22)(H,20,23)/t14-/m0/s1. The lowest BCUT2D eigenvalue weighted by atomic mass is 10.1. The highest BCUT2D eigenvalue weighted by Gasteiger charge is 2.31. The number of nitrogens with one attached hydrogen (secondary N) is 2. The van der Waals surface area contributed by atoms with Crippen LogP contribution in [0.25, 0.3) is 0 Å². The van der Waals surface area contributed by atoms with E-state index in [4.69, 9.17) is 0 Å². The number of hydrogen-bond acceptors (Lipinski definition) is 4. The maximum Gasteiger partial charge on any atom is 0.251 e. The van der Waals surface area contributed by atoms with Gasteiger partial charge in [0.15, 0.2) is 0 Å². The number of nitrogens with zero attached hydrogens (tertiary/aromatic N) is 1. The first-order valence-electron chi connectivity index (χ1n) is 9.03. The van der Waals surface area contributed by atoms with E-state index in [2.05, 4.69) is 10.6 Å². The van der Waals surface area contributed by atoms with Crippen LogP contribution in [0.3, 0.4) is 0 Å². The van der Waals surface area contributed by atoms with Crippen molar-refractivity contribution >= 4 is 21.8 Å². The van der Waals surface area contributed by atoms with E-state index in [-0.39, 0.29) is 29.0 Å². The molecule has 1 saturated heterocycles. The van der Waals surface area contributed by atoms with Crippen molar-refractivity contribution < 1.29 is 18.0 Å². The van der Waals surface area contributed by atoms with Gasteiger partial charge in [0, 0.05) is 24.7 Å². The third-order valence-electron chi connectivity index (χ3n) is 4.43. The topological polar surface area (TPSA) is 95.6 Å². The van der Waals surface area contributed by atoms with E-state index < -0.39 is 15.9 Å². The minimum Gasteiger partial charge on any atom is -0.355 e. The lowest BCUT2D eigenvalue weighted by molar-refractivity contribution is -0.120. The molecule has 1 atom stereocenters. The lowest BCUT2D eigenvalue weighted by Gasteiger charge is -2.32. The average Bonchev–Trinajstić information content (AvgIpc) is 2.64. The van der Waals surface area contributed by atoms with Crippen LogP contribution in [0.4, 0.5) is 0 Å². The monoisotopic (exact) mass is 381 g/mol. The van der Waals surface area contributed by atoms with Crippen LogP contribution in [-0.4, -0.2) is 50.2 Å². The summed E-state index contributed by atoms with van der Waals surface area (Å²) in [7, 11) is -3.64. The third-order valence-corrected chi connectivity index (χ3v) is 6.44. The largest absolute Gasteiger partial charge is 0.355 e. The van der Waals surface area contributed by atoms with Gasteiger partial charge in [-0.25, -0.2) is 8.42 Å². The number of carbonyl (C=O) groups excluding carboxylic acids is 2. The highest BCUT2D eigenvalue weighted by atomic mass is 32.2. The van der Waals surface area contributed by atoms with Gasteiger partial charge in [0.2, 0.25) is 15.9 Å². The number of carbonyl (C=O) groups is 2. The fourth-order valence-corrected chi connectivity index (χ4v) is 4.70. The summed E-state index contributed by atoms with van der Waals surface area (Å²) in [6.07, 6.45) is 3.52. The van der Waals surface area contributed by atoms with Gasteiger partial charge in [-0.15, -0.1) is 0 Å². The Labute approximate surface area is 155 Å². The van der Waals surface area contributed by atoms with Gasteiger partial charge in [0.25, 0.3) is 5.91 Å². The molecule has 1 aliphatic heterocycles. The van der Waals surface area contributed by atoms with E-state index in [0.29, 0.717) is 13.1 Å². The van der Waals surface area contributed by atoms with E-state index in [9.17, 15) is 18.0 Å². The molecule has 1 fully saturated rings. The van der Waals surface area contributed by atoms with Crippen LogP contribution in [0.1, 0.15) is 49.9 Å². The predicted octanol–water partition coefficient (Wildman–Crippen LogP) is 1.51. The van der Waals surface area contributed by atoms with Gasteiger partial charge in [-0.1, -0.05) is 19.4 Å². The van der Waals surface area contributed by atoms with E-state index in [0.717, 1.165) is 25.7 Å². The highest BCUT2D eigenvalue weighted by Crippen LogP contribution is 2.25. The summed E-state index contributed by atoms with van der Waals surface area (Å²) >= 11 is 0. The zero-order valence-electron chi connectivity index (χ0n) is 15.3. The van der Waals surface area contributed by atoms with Crippen molar-refractivity contribution in [2.75, 3.05) is 19.6 Å². The average molecular weight is 381 g/mol. The van der Waals surface area contributed by atoms with Gasteiger partial charge in [0.05, 0.1) is 11.4 Å². The molecular weight excluding hydrogens is 354 g/mol. The van der Waals surface area contributed by atoms with Gasteiger partial charge >= 0.3 is 0 Å². The van der Waals surface area contributed by atoms with Crippen LogP contribution in [-0.2, 0) is 14.8 Å². The normalized spacial score (nSPS) is 18.3. The zero-order valence-corrected chi connectivity index (χ0v) is 16.1. The van der Waals surface area contributed by atoms with Crippen LogP contribution in [0.5, 0.6) is 0 Å². The van der Waals surface area contributed by atoms with Crippen molar-refractivity contribution in [1.29, 1.82) is 0 Å². The van der Waals surface area contributed by atoms with Gasteiger partial charge in [0.1, 0.15) is 0 Å². The summed E-state index contributed by atoms with van der Waals surface area (Å²) < 4.78 is 27.3. The second-order valence-corrected chi connectivity index (χ2v) is 8.41. The number of hydrogen-bond donors (Lipinski definition) is 2. The van der Waals surface area contributed by atoms with E-state index >= 15 is 0 Å². The molecule has 1 aromatic carbocycles. The van der Waals surface area contributed by atoms with Gasteiger partial charge in [-0.05, 0) is 44.4 Å². The summed E-state index contributed by atoms with van der Waals surface area (Å²) in [5, 5.41) is 5.18. The Kier molecular flexibility index (Phi) is 7.16. The molecule has 26 heavy (non-hydrogen) atoms. The molecule has 7 nitrogen and oxygen atoms in total. The molecule has 0 aliphatic carbocycles. The molecule has 2 rings (SSSR count). The SMILES string of the molecule is CCCNC(=O)CNC(=O)c1cccc(S(=O)(=O)N2CCCC[C@@H]2C)c1. The first-order chi connectivity index (χ1) is 12.4. The highest BCUT2D eigenvalue weighted by molar-refractivity contribution is 7.89. The van der Waals surface area contributed by atoms with Gasteiger partial charge in [-0.2, -0.15) is 4.31 Å². The van der Waals surface area contributed by atoms with Crippen molar-refractivity contribution in [2.45, 2.75) is 50.5 Å². The van der Waals surface area contributed by atoms with E-state index in [1.54, 1.807) is 6.07 Å². The molecule has 0 saturated carbocycles. The number of benzene rings is 1. The molecule has 0 radical (unpaired) electrons. The summed E-state index contributed by atoms with van der Waals surface area (Å²) in [6.45, 7) is 4.75. The number of rotatable bonds is 7. The van der Waals surface area contributed by atoms with Crippen LogP contribution in [0.15, 0.2) is 29.2 Å². The summed E-state index contributed by atoms with van der Waals surface area (Å²) in [5.74, 6) is -0.744. The number of piperidine rings is 1. The minimum atomic E-state index is -3.64. The predicted molar refractivity (Wildman–Crippen MR) is 99.3 cm³/mol. The zero-order chi connectivity index (χ0) is 19.2. The fourth-order valence-electron chi connectivity index (χ4n) is 2.95. The van der Waals surface area contributed by atoms with Crippen LogP contribution >= 0.6 is 0 Å². The third kappa shape index (κ3) is 5.04. The molecule has 0 aromatic heterocycles. The van der Waals surface area contributed by atoms with Gasteiger partial charge < -0.3 is 10.6 Å². The van der Waals surface area contributed by atoms with Crippen molar-refractivity contribution in [3.8, 4) is 0 Å². The van der Waals surface area contributed by atoms with Gasteiger partial charge in [-0.3, -0.25) is 9.59 Å². The van der Waals surface area contributed by atoms with Crippen molar-refractivity contribution in [3.05, 3.63) is 29.8 Å². The summed E-state index contributed by atoms with van der Waals surface area (Å²) in [4.78, 5) is 23.9. The first-order valence-corrected chi connectivity index (χ1v) is 10.5. The Morgan fingerprint density at radius 2 is 2.00 bits per heavy atom. The van der Waals surface area contributed by atoms with Crippen LogP contribution in [0.2, 0.25) is 0 Å². The molecule has 144 valence electrons. The quantitative estimate of drug-likeness (QED) is 0.748. The fraction of sp³-hybridized carbons (Fsp3) is 0.556. The molecule has 1 heterocycles.